The predicted octanol–water partition coefficient (Wildman–Crippen LogP) is 2.72. The molecule has 1 fully saturated rings. The predicted molar refractivity (Wildman–Crippen MR) is 114 cm³/mol. The van der Waals surface area contributed by atoms with Crippen molar-refractivity contribution in [2.75, 3.05) is 46.1 Å². The maximum Gasteiger partial charge on any atom is 0.191 e. The maximum absolute atomic E-state index is 9.36. The number of nitrogens with zero attached hydrogens (tertiary/aromatic N) is 1. The second kappa shape index (κ2) is 11.3. The highest BCUT2D eigenvalue weighted by molar-refractivity contribution is 5.79. The molecule has 1 aliphatic heterocycles. The van der Waals surface area contributed by atoms with Crippen LogP contribution in [-0.2, 0) is 4.74 Å². The second-order valence-electron chi connectivity index (χ2n) is 7.81. The Labute approximate surface area is 169 Å². The molecule has 28 heavy (non-hydrogen) atoms. The summed E-state index contributed by atoms with van der Waals surface area (Å²) in [5.41, 5.74) is 3.68. The van der Waals surface area contributed by atoms with E-state index in [1.807, 2.05) is 0 Å². The number of aliphatic hydroxyl groups is 1. The van der Waals surface area contributed by atoms with E-state index in [9.17, 15) is 5.11 Å². The summed E-state index contributed by atoms with van der Waals surface area (Å²) in [5, 5.41) is 16.0. The topological polar surface area (TPSA) is 75.1 Å². The minimum absolute atomic E-state index is 0.0270. The minimum atomic E-state index is -0.0270. The number of benzene rings is 1. The highest BCUT2D eigenvalue weighted by Crippen LogP contribution is 2.32. The molecule has 1 unspecified atom stereocenters. The Bertz CT molecular complexity index is 640. The van der Waals surface area contributed by atoms with Gasteiger partial charge in [-0.2, -0.15) is 0 Å². The molecule has 3 N–H and O–H groups in total. The Balaban J connectivity index is 1.80. The van der Waals surface area contributed by atoms with E-state index in [2.05, 4.69) is 50.5 Å². The van der Waals surface area contributed by atoms with E-state index in [1.54, 1.807) is 0 Å². The highest BCUT2D eigenvalue weighted by atomic mass is 16.5. The molecule has 0 spiro atoms. The van der Waals surface area contributed by atoms with E-state index in [-0.39, 0.29) is 12.0 Å². The molecule has 1 saturated heterocycles. The quantitative estimate of drug-likeness (QED) is 0.325. The van der Waals surface area contributed by atoms with Crippen molar-refractivity contribution in [3.05, 3.63) is 28.8 Å². The van der Waals surface area contributed by atoms with Crippen molar-refractivity contribution in [2.45, 2.75) is 47.0 Å². The van der Waals surface area contributed by atoms with Crippen LogP contribution in [0.15, 0.2) is 17.1 Å². The van der Waals surface area contributed by atoms with Gasteiger partial charge in [0.15, 0.2) is 5.96 Å². The molecule has 158 valence electrons. The molecular formula is C22H37N3O3. The van der Waals surface area contributed by atoms with Gasteiger partial charge < -0.3 is 25.2 Å². The molecule has 6 nitrogen and oxygen atoms in total. The summed E-state index contributed by atoms with van der Waals surface area (Å²) >= 11 is 0. The van der Waals surface area contributed by atoms with Crippen molar-refractivity contribution >= 4 is 5.96 Å². The second-order valence-corrected chi connectivity index (χ2v) is 7.81. The van der Waals surface area contributed by atoms with Crippen LogP contribution in [0, 0.1) is 26.2 Å². The standard InChI is InChI=1S/C22H37N3O3/c1-5-23-21(25-15-22(7-10-26)8-12-27-16-22)24-9-6-11-28-20-14-17(2)13-18(3)19(20)4/h13-14,26H,5-12,15-16H2,1-4H3,(H2,23,24,25). The van der Waals surface area contributed by atoms with Crippen LogP contribution in [0.3, 0.4) is 0 Å². The van der Waals surface area contributed by atoms with Gasteiger partial charge in [0.05, 0.1) is 19.8 Å². The molecular weight excluding hydrogens is 354 g/mol. The van der Waals surface area contributed by atoms with Crippen molar-refractivity contribution in [3.8, 4) is 5.75 Å². The first-order chi connectivity index (χ1) is 13.5. The number of nitrogens with one attached hydrogen (secondary N) is 2. The van der Waals surface area contributed by atoms with Gasteiger partial charge in [0.25, 0.3) is 0 Å². The zero-order chi connectivity index (χ0) is 20.4. The van der Waals surface area contributed by atoms with Gasteiger partial charge in [0, 0.05) is 31.7 Å². The van der Waals surface area contributed by atoms with Crippen molar-refractivity contribution in [1.29, 1.82) is 0 Å². The van der Waals surface area contributed by atoms with Crippen molar-refractivity contribution in [1.82, 2.24) is 10.6 Å². The van der Waals surface area contributed by atoms with E-state index >= 15 is 0 Å². The zero-order valence-corrected chi connectivity index (χ0v) is 17.9. The lowest BCUT2D eigenvalue weighted by atomic mass is 9.84. The smallest absolute Gasteiger partial charge is 0.191 e. The molecule has 1 atom stereocenters. The Hall–Kier alpha value is -1.79. The van der Waals surface area contributed by atoms with Gasteiger partial charge in [-0.05, 0) is 69.7 Å². The summed E-state index contributed by atoms with van der Waals surface area (Å²) < 4.78 is 11.5. The molecule has 0 amide bonds. The fourth-order valence-corrected chi connectivity index (χ4v) is 3.49. The fraction of sp³-hybridized carbons (Fsp3) is 0.682. The molecule has 1 heterocycles. The summed E-state index contributed by atoms with van der Waals surface area (Å²) in [6, 6.07) is 4.29. The molecule has 1 aromatic rings. The number of hydrogen-bond acceptors (Lipinski definition) is 4. The molecule has 0 aromatic heterocycles. The lowest BCUT2D eigenvalue weighted by molar-refractivity contribution is 0.131. The van der Waals surface area contributed by atoms with Crippen LogP contribution in [0.5, 0.6) is 5.75 Å². The SMILES string of the molecule is CCNC(=NCC1(CCO)CCOC1)NCCCOc1cc(C)cc(C)c1C. The van der Waals surface area contributed by atoms with Gasteiger partial charge in [-0.15, -0.1) is 0 Å². The first-order valence-electron chi connectivity index (χ1n) is 10.4. The molecule has 0 aliphatic carbocycles. The van der Waals surface area contributed by atoms with Gasteiger partial charge in [0.1, 0.15) is 5.75 Å². The van der Waals surface area contributed by atoms with Gasteiger partial charge >= 0.3 is 0 Å². The van der Waals surface area contributed by atoms with Crippen molar-refractivity contribution < 1.29 is 14.6 Å². The summed E-state index contributed by atoms with van der Waals surface area (Å²) in [7, 11) is 0. The Morgan fingerprint density at radius 1 is 1.29 bits per heavy atom. The average molecular weight is 392 g/mol. The summed E-state index contributed by atoms with van der Waals surface area (Å²) in [4.78, 5) is 4.74. The largest absolute Gasteiger partial charge is 0.493 e. The van der Waals surface area contributed by atoms with Gasteiger partial charge in [0.2, 0.25) is 0 Å². The third kappa shape index (κ3) is 6.67. The number of guanidine groups is 1. The summed E-state index contributed by atoms with van der Waals surface area (Å²) in [6.45, 7) is 12.9. The number of rotatable bonds is 10. The van der Waals surface area contributed by atoms with E-state index < -0.39 is 0 Å². The van der Waals surface area contributed by atoms with Crippen LogP contribution >= 0.6 is 0 Å². The minimum Gasteiger partial charge on any atom is -0.493 e. The molecule has 0 radical (unpaired) electrons. The summed E-state index contributed by atoms with van der Waals surface area (Å²) in [5.74, 6) is 1.79. The van der Waals surface area contributed by atoms with E-state index in [0.717, 1.165) is 50.7 Å². The molecule has 1 aromatic carbocycles. The molecule has 6 heteroatoms. The first kappa shape index (κ1) is 22.5. The zero-order valence-electron chi connectivity index (χ0n) is 17.9. The third-order valence-corrected chi connectivity index (χ3v) is 5.38. The van der Waals surface area contributed by atoms with Crippen LogP contribution in [0.1, 0.15) is 42.9 Å². The van der Waals surface area contributed by atoms with Crippen LogP contribution in [-0.4, -0.2) is 57.1 Å². The number of aryl methyl sites for hydroxylation is 2. The van der Waals surface area contributed by atoms with Crippen LogP contribution in [0.4, 0.5) is 0 Å². The normalized spacial score (nSPS) is 19.7. The van der Waals surface area contributed by atoms with Crippen LogP contribution in [0.25, 0.3) is 0 Å². The van der Waals surface area contributed by atoms with Gasteiger partial charge in [-0.3, -0.25) is 4.99 Å². The Kier molecular flexibility index (Phi) is 9.06. The number of ether oxygens (including phenoxy) is 2. The lowest BCUT2D eigenvalue weighted by Crippen LogP contribution is -2.39. The van der Waals surface area contributed by atoms with Crippen molar-refractivity contribution in [3.63, 3.8) is 0 Å². The molecule has 0 saturated carbocycles. The monoisotopic (exact) mass is 391 g/mol. The van der Waals surface area contributed by atoms with E-state index in [4.69, 9.17) is 14.5 Å². The molecule has 1 aliphatic rings. The first-order valence-corrected chi connectivity index (χ1v) is 10.4. The number of hydrogen-bond donors (Lipinski definition) is 3. The average Bonchev–Trinajstić information content (AvgIpc) is 3.12. The van der Waals surface area contributed by atoms with E-state index in [1.165, 1.54) is 16.7 Å². The van der Waals surface area contributed by atoms with Crippen LogP contribution < -0.4 is 15.4 Å². The number of aliphatic imine (C=N–C) groups is 1. The maximum atomic E-state index is 9.36. The van der Waals surface area contributed by atoms with Crippen LogP contribution in [0.2, 0.25) is 0 Å². The number of aliphatic hydroxyl groups excluding tert-OH is 1. The van der Waals surface area contributed by atoms with E-state index in [0.29, 0.717) is 19.8 Å². The fourth-order valence-electron chi connectivity index (χ4n) is 3.49. The highest BCUT2D eigenvalue weighted by Gasteiger charge is 2.34. The van der Waals surface area contributed by atoms with Gasteiger partial charge in [-0.25, -0.2) is 0 Å². The van der Waals surface area contributed by atoms with Crippen molar-refractivity contribution in [2.24, 2.45) is 10.4 Å². The molecule has 0 bridgehead atoms. The van der Waals surface area contributed by atoms with Gasteiger partial charge in [-0.1, -0.05) is 6.07 Å². The third-order valence-electron chi connectivity index (χ3n) is 5.38. The summed E-state index contributed by atoms with van der Waals surface area (Å²) in [6.07, 6.45) is 2.58. The Morgan fingerprint density at radius 3 is 2.79 bits per heavy atom. The Morgan fingerprint density at radius 2 is 2.11 bits per heavy atom. The molecule has 2 rings (SSSR count). The lowest BCUT2D eigenvalue weighted by Gasteiger charge is -2.24.